The van der Waals surface area contributed by atoms with Crippen LogP contribution in [0.1, 0.15) is 11.1 Å². The molecular weight excluding hydrogens is 214 g/mol. The lowest BCUT2D eigenvalue weighted by Gasteiger charge is -2.05. The second kappa shape index (κ2) is 4.78. The molecule has 0 unspecified atom stereocenters. The Labute approximate surface area is 99.8 Å². The molecule has 17 heavy (non-hydrogen) atoms. The molecule has 1 aromatic carbocycles. The van der Waals surface area contributed by atoms with E-state index in [1.165, 1.54) is 0 Å². The van der Waals surface area contributed by atoms with Gasteiger partial charge in [-0.05, 0) is 24.1 Å². The Morgan fingerprint density at radius 1 is 1.24 bits per heavy atom. The number of hydrogen-bond donors (Lipinski definition) is 1. The van der Waals surface area contributed by atoms with Crippen LogP contribution < -0.4 is 0 Å². The summed E-state index contributed by atoms with van der Waals surface area (Å²) >= 11 is 0. The Bertz CT molecular complexity index is 532. The summed E-state index contributed by atoms with van der Waals surface area (Å²) in [4.78, 5) is 14.8. The van der Waals surface area contributed by atoms with Crippen LogP contribution in [0.3, 0.4) is 0 Å². The van der Waals surface area contributed by atoms with Gasteiger partial charge in [0.05, 0.1) is 12.1 Å². The van der Waals surface area contributed by atoms with Crippen molar-refractivity contribution in [1.82, 2.24) is 4.98 Å². The van der Waals surface area contributed by atoms with Crippen molar-refractivity contribution in [3.05, 3.63) is 53.7 Å². The van der Waals surface area contributed by atoms with Gasteiger partial charge < -0.3 is 5.11 Å². The van der Waals surface area contributed by atoms with Crippen molar-refractivity contribution >= 4 is 5.97 Å². The van der Waals surface area contributed by atoms with Crippen molar-refractivity contribution in [2.75, 3.05) is 0 Å². The standard InChI is InChI=1S/C14H13NO2/c1-10-4-2-3-5-12(10)13-7-6-11(9-15-13)8-14(16)17/h2-7,9H,8H2,1H3,(H,16,17). The Morgan fingerprint density at radius 3 is 2.59 bits per heavy atom. The maximum atomic E-state index is 10.5. The van der Waals surface area contributed by atoms with E-state index >= 15 is 0 Å². The normalized spacial score (nSPS) is 10.2. The third kappa shape index (κ3) is 2.69. The molecule has 0 bridgehead atoms. The number of aryl methyl sites for hydroxylation is 1. The van der Waals surface area contributed by atoms with Crippen LogP contribution in [-0.2, 0) is 11.2 Å². The molecule has 0 amide bonds. The summed E-state index contributed by atoms with van der Waals surface area (Å²) in [5.74, 6) is -0.838. The molecule has 0 aliphatic heterocycles. The fraction of sp³-hybridized carbons (Fsp3) is 0.143. The van der Waals surface area contributed by atoms with E-state index in [-0.39, 0.29) is 6.42 Å². The predicted octanol–water partition coefficient (Wildman–Crippen LogP) is 2.68. The Morgan fingerprint density at radius 2 is 2.00 bits per heavy atom. The van der Waals surface area contributed by atoms with Crippen LogP contribution >= 0.6 is 0 Å². The largest absolute Gasteiger partial charge is 0.481 e. The van der Waals surface area contributed by atoms with Gasteiger partial charge in [0.25, 0.3) is 0 Å². The molecule has 3 heteroatoms. The van der Waals surface area contributed by atoms with E-state index in [9.17, 15) is 4.79 Å². The summed E-state index contributed by atoms with van der Waals surface area (Å²) in [6.07, 6.45) is 1.64. The molecule has 0 radical (unpaired) electrons. The topological polar surface area (TPSA) is 50.2 Å². The number of aromatic nitrogens is 1. The van der Waals surface area contributed by atoms with Gasteiger partial charge in [0.2, 0.25) is 0 Å². The predicted molar refractivity (Wildman–Crippen MR) is 65.7 cm³/mol. The third-order valence-electron chi connectivity index (χ3n) is 2.60. The first kappa shape index (κ1) is 11.3. The van der Waals surface area contributed by atoms with Crippen molar-refractivity contribution in [3.8, 4) is 11.3 Å². The van der Waals surface area contributed by atoms with Gasteiger partial charge in [-0.3, -0.25) is 9.78 Å². The highest BCUT2D eigenvalue weighted by molar-refractivity contribution is 5.70. The van der Waals surface area contributed by atoms with E-state index in [0.717, 1.165) is 22.4 Å². The average Bonchev–Trinajstić information content (AvgIpc) is 2.30. The molecule has 1 aromatic heterocycles. The van der Waals surface area contributed by atoms with Gasteiger partial charge in [-0.2, -0.15) is 0 Å². The monoisotopic (exact) mass is 227 g/mol. The van der Waals surface area contributed by atoms with E-state index in [1.54, 1.807) is 6.20 Å². The number of nitrogens with zero attached hydrogens (tertiary/aromatic N) is 1. The first-order valence-electron chi connectivity index (χ1n) is 5.39. The van der Waals surface area contributed by atoms with E-state index in [2.05, 4.69) is 4.98 Å². The van der Waals surface area contributed by atoms with Crippen molar-refractivity contribution in [3.63, 3.8) is 0 Å². The highest BCUT2D eigenvalue weighted by Crippen LogP contribution is 2.20. The highest BCUT2D eigenvalue weighted by atomic mass is 16.4. The number of carboxylic acids is 1. The van der Waals surface area contributed by atoms with E-state index in [4.69, 9.17) is 5.11 Å². The maximum absolute atomic E-state index is 10.5. The number of hydrogen-bond acceptors (Lipinski definition) is 2. The van der Waals surface area contributed by atoms with Gasteiger partial charge in [-0.15, -0.1) is 0 Å². The van der Waals surface area contributed by atoms with Crippen LogP contribution in [0.15, 0.2) is 42.6 Å². The fourth-order valence-corrected chi connectivity index (χ4v) is 1.72. The van der Waals surface area contributed by atoms with Crippen LogP contribution in [0.5, 0.6) is 0 Å². The van der Waals surface area contributed by atoms with Crippen LogP contribution in [0.4, 0.5) is 0 Å². The molecule has 0 fully saturated rings. The van der Waals surface area contributed by atoms with E-state index in [0.29, 0.717) is 0 Å². The van der Waals surface area contributed by atoms with Crippen LogP contribution in [-0.4, -0.2) is 16.1 Å². The Kier molecular flexibility index (Phi) is 3.19. The second-order valence-electron chi connectivity index (χ2n) is 3.94. The number of benzene rings is 1. The molecule has 0 spiro atoms. The van der Waals surface area contributed by atoms with Gasteiger partial charge in [-0.1, -0.05) is 30.3 Å². The molecule has 0 saturated heterocycles. The zero-order valence-electron chi connectivity index (χ0n) is 9.55. The zero-order chi connectivity index (χ0) is 12.3. The van der Waals surface area contributed by atoms with Gasteiger partial charge in [0.1, 0.15) is 0 Å². The van der Waals surface area contributed by atoms with Gasteiger partial charge in [-0.25, -0.2) is 0 Å². The highest BCUT2D eigenvalue weighted by Gasteiger charge is 2.04. The summed E-state index contributed by atoms with van der Waals surface area (Å²) in [6.45, 7) is 2.03. The summed E-state index contributed by atoms with van der Waals surface area (Å²) in [7, 11) is 0. The van der Waals surface area contributed by atoms with Gasteiger partial charge in [0, 0.05) is 11.8 Å². The molecule has 86 valence electrons. The lowest BCUT2D eigenvalue weighted by molar-refractivity contribution is -0.136. The maximum Gasteiger partial charge on any atom is 0.307 e. The molecular formula is C14H13NO2. The molecule has 0 aliphatic carbocycles. The quantitative estimate of drug-likeness (QED) is 0.877. The van der Waals surface area contributed by atoms with Crippen molar-refractivity contribution in [2.24, 2.45) is 0 Å². The summed E-state index contributed by atoms with van der Waals surface area (Å²) < 4.78 is 0. The molecule has 2 aromatic rings. The number of carbonyl (C=O) groups is 1. The Hall–Kier alpha value is -2.16. The smallest absolute Gasteiger partial charge is 0.307 e. The van der Waals surface area contributed by atoms with Gasteiger partial charge in [0.15, 0.2) is 0 Å². The first-order valence-corrected chi connectivity index (χ1v) is 5.39. The summed E-state index contributed by atoms with van der Waals surface area (Å²) in [5.41, 5.74) is 3.83. The second-order valence-corrected chi connectivity index (χ2v) is 3.94. The van der Waals surface area contributed by atoms with Crippen LogP contribution in [0.2, 0.25) is 0 Å². The molecule has 2 rings (SSSR count). The van der Waals surface area contributed by atoms with Crippen LogP contribution in [0, 0.1) is 6.92 Å². The SMILES string of the molecule is Cc1ccccc1-c1ccc(CC(=O)O)cn1. The average molecular weight is 227 g/mol. The first-order chi connectivity index (χ1) is 8.16. The van der Waals surface area contributed by atoms with Crippen molar-refractivity contribution in [2.45, 2.75) is 13.3 Å². The van der Waals surface area contributed by atoms with Crippen LogP contribution in [0.25, 0.3) is 11.3 Å². The molecule has 0 aliphatic rings. The molecule has 0 atom stereocenters. The number of pyridine rings is 1. The molecule has 0 saturated carbocycles. The van der Waals surface area contributed by atoms with Crippen molar-refractivity contribution in [1.29, 1.82) is 0 Å². The fourth-order valence-electron chi connectivity index (χ4n) is 1.72. The van der Waals surface area contributed by atoms with E-state index in [1.807, 2.05) is 43.3 Å². The lowest BCUT2D eigenvalue weighted by atomic mass is 10.0. The minimum Gasteiger partial charge on any atom is -0.481 e. The van der Waals surface area contributed by atoms with Crippen molar-refractivity contribution < 1.29 is 9.90 Å². The number of rotatable bonds is 3. The molecule has 1 heterocycles. The number of aliphatic carboxylic acids is 1. The zero-order valence-corrected chi connectivity index (χ0v) is 9.55. The van der Waals surface area contributed by atoms with Gasteiger partial charge >= 0.3 is 5.97 Å². The van der Waals surface area contributed by atoms with E-state index < -0.39 is 5.97 Å². The number of carboxylic acid groups (broad SMARTS) is 1. The summed E-state index contributed by atoms with van der Waals surface area (Å²) in [6, 6.07) is 11.7. The minimum atomic E-state index is -0.838. The molecule has 3 nitrogen and oxygen atoms in total. The third-order valence-corrected chi connectivity index (χ3v) is 2.60. The lowest BCUT2D eigenvalue weighted by Crippen LogP contribution is -2.00. The Balaban J connectivity index is 2.30. The summed E-state index contributed by atoms with van der Waals surface area (Å²) in [5, 5.41) is 8.67. The minimum absolute atomic E-state index is 0.0149. The molecule has 1 N–H and O–H groups in total.